The van der Waals surface area contributed by atoms with Crippen LogP contribution in [-0.4, -0.2) is 35.4 Å². The lowest BCUT2D eigenvalue weighted by molar-refractivity contribution is -0.142. The molecular weight excluding hydrogens is 456 g/mol. The Bertz CT molecular complexity index is 900. The number of hydrogen-bond donors (Lipinski definition) is 1. The summed E-state index contributed by atoms with van der Waals surface area (Å²) in [5.74, 6) is 0.212. The number of carbonyl (C=O) groups is 2. The molecule has 0 spiro atoms. The number of hydrogen-bond acceptors (Lipinski definition) is 3. The molecule has 6 heteroatoms. The van der Waals surface area contributed by atoms with E-state index in [1.54, 1.807) is 11.8 Å². The zero-order valence-corrected chi connectivity index (χ0v) is 20.7. The second-order valence-corrected chi connectivity index (χ2v) is 8.70. The van der Waals surface area contributed by atoms with Crippen LogP contribution in [0.25, 0.3) is 0 Å². The number of aryl methyl sites for hydroxylation is 2. The van der Waals surface area contributed by atoms with E-state index in [1.807, 2.05) is 63.2 Å². The maximum Gasteiger partial charge on any atom is 0.261 e. The van der Waals surface area contributed by atoms with Gasteiger partial charge in [0, 0.05) is 12.6 Å². The monoisotopic (exact) mass is 488 g/mol. The summed E-state index contributed by atoms with van der Waals surface area (Å²) in [7, 11) is 0. The number of amides is 2. The predicted molar refractivity (Wildman–Crippen MR) is 128 cm³/mol. The van der Waals surface area contributed by atoms with Gasteiger partial charge in [-0.05, 0) is 78.4 Å². The Labute approximate surface area is 194 Å². The maximum absolute atomic E-state index is 13.2. The van der Waals surface area contributed by atoms with Crippen LogP contribution in [0.3, 0.4) is 0 Å². The summed E-state index contributed by atoms with van der Waals surface area (Å²) in [5.41, 5.74) is 3.27. The third-order valence-electron chi connectivity index (χ3n) is 5.53. The summed E-state index contributed by atoms with van der Waals surface area (Å²) in [6.45, 7) is 10.0. The Morgan fingerprint density at radius 2 is 1.84 bits per heavy atom. The van der Waals surface area contributed by atoms with E-state index in [9.17, 15) is 9.59 Å². The van der Waals surface area contributed by atoms with E-state index in [2.05, 4.69) is 28.2 Å². The molecule has 0 aliphatic carbocycles. The zero-order valence-electron chi connectivity index (χ0n) is 19.1. The normalized spacial score (nSPS) is 12.7. The molecule has 2 aromatic carbocycles. The van der Waals surface area contributed by atoms with Gasteiger partial charge in [0.2, 0.25) is 5.91 Å². The van der Waals surface area contributed by atoms with Gasteiger partial charge in [0.1, 0.15) is 11.8 Å². The summed E-state index contributed by atoms with van der Waals surface area (Å²) < 4.78 is 6.62. The van der Waals surface area contributed by atoms with Crippen molar-refractivity contribution in [2.75, 3.05) is 6.61 Å². The minimum atomic E-state index is -0.615. The molecule has 0 aromatic heterocycles. The first kappa shape index (κ1) is 24.9. The molecule has 2 aromatic rings. The lowest BCUT2D eigenvalue weighted by Crippen LogP contribution is -2.50. The first-order valence-corrected chi connectivity index (χ1v) is 11.6. The molecule has 0 radical (unpaired) electrons. The summed E-state index contributed by atoms with van der Waals surface area (Å²) in [5, 5.41) is 2.98. The zero-order chi connectivity index (χ0) is 23.0. The van der Waals surface area contributed by atoms with Crippen LogP contribution in [0.4, 0.5) is 0 Å². The van der Waals surface area contributed by atoms with Gasteiger partial charge in [-0.2, -0.15) is 0 Å². The Morgan fingerprint density at radius 1 is 1.13 bits per heavy atom. The Kier molecular flexibility index (Phi) is 9.56. The highest BCUT2D eigenvalue weighted by Gasteiger charge is 2.27. The van der Waals surface area contributed by atoms with Gasteiger partial charge >= 0.3 is 0 Å². The van der Waals surface area contributed by atoms with Gasteiger partial charge in [0.05, 0.1) is 4.47 Å². The molecule has 0 saturated carbocycles. The van der Waals surface area contributed by atoms with E-state index in [0.29, 0.717) is 12.3 Å². The first-order valence-electron chi connectivity index (χ1n) is 10.8. The molecule has 0 aliphatic rings. The van der Waals surface area contributed by atoms with Crippen molar-refractivity contribution in [2.45, 2.75) is 66.1 Å². The summed E-state index contributed by atoms with van der Waals surface area (Å²) in [4.78, 5) is 27.5. The second-order valence-electron chi connectivity index (χ2n) is 7.85. The molecular formula is C25H33BrN2O3. The van der Waals surface area contributed by atoms with Crippen LogP contribution in [0.1, 0.15) is 50.8 Å². The average molecular weight is 489 g/mol. The van der Waals surface area contributed by atoms with Crippen molar-refractivity contribution in [2.24, 2.45) is 0 Å². The van der Waals surface area contributed by atoms with Gasteiger partial charge < -0.3 is 15.0 Å². The van der Waals surface area contributed by atoms with Gasteiger partial charge in [-0.3, -0.25) is 9.59 Å². The maximum atomic E-state index is 13.2. The lowest BCUT2D eigenvalue weighted by Gasteiger charge is -2.30. The van der Waals surface area contributed by atoms with Crippen LogP contribution >= 0.6 is 15.9 Å². The van der Waals surface area contributed by atoms with Crippen molar-refractivity contribution in [3.8, 4) is 5.75 Å². The van der Waals surface area contributed by atoms with Gasteiger partial charge in [-0.25, -0.2) is 0 Å². The molecule has 5 nitrogen and oxygen atoms in total. The van der Waals surface area contributed by atoms with Crippen molar-refractivity contribution in [1.29, 1.82) is 0 Å². The fraction of sp³-hybridized carbons (Fsp3) is 0.440. The predicted octanol–water partition coefficient (Wildman–Crippen LogP) is 5.03. The fourth-order valence-electron chi connectivity index (χ4n) is 3.12. The number of ether oxygens (including phenoxy) is 1. The summed E-state index contributed by atoms with van der Waals surface area (Å²) in [6.07, 6.45) is 1.75. The number of nitrogens with zero attached hydrogens (tertiary/aromatic N) is 1. The van der Waals surface area contributed by atoms with Crippen LogP contribution in [-0.2, 0) is 22.6 Å². The Morgan fingerprint density at radius 3 is 2.45 bits per heavy atom. The molecule has 168 valence electrons. The van der Waals surface area contributed by atoms with Crippen LogP contribution in [0.2, 0.25) is 0 Å². The quantitative estimate of drug-likeness (QED) is 0.509. The van der Waals surface area contributed by atoms with E-state index in [1.165, 1.54) is 5.56 Å². The first-order chi connectivity index (χ1) is 14.8. The topological polar surface area (TPSA) is 58.6 Å². The third kappa shape index (κ3) is 7.10. The minimum absolute atomic E-state index is 0.0506. The number of halogens is 1. The molecule has 0 fully saturated rings. The van der Waals surface area contributed by atoms with Gasteiger partial charge in [-0.1, -0.05) is 44.2 Å². The molecule has 0 saturated heterocycles. The summed E-state index contributed by atoms with van der Waals surface area (Å²) in [6, 6.07) is 13.2. The Balaban J connectivity index is 2.19. The second kappa shape index (κ2) is 11.9. The molecule has 0 unspecified atom stereocenters. The van der Waals surface area contributed by atoms with Crippen LogP contribution < -0.4 is 10.1 Å². The minimum Gasteiger partial charge on any atom is -0.483 e. The molecule has 2 amide bonds. The average Bonchev–Trinajstić information content (AvgIpc) is 2.76. The Hall–Kier alpha value is -2.34. The largest absolute Gasteiger partial charge is 0.483 e. The molecule has 0 heterocycles. The highest BCUT2D eigenvalue weighted by molar-refractivity contribution is 9.10. The van der Waals surface area contributed by atoms with E-state index in [4.69, 9.17) is 4.74 Å². The van der Waals surface area contributed by atoms with Crippen LogP contribution in [0.15, 0.2) is 46.9 Å². The van der Waals surface area contributed by atoms with Crippen molar-refractivity contribution >= 4 is 27.7 Å². The number of rotatable bonds is 10. The molecule has 0 bridgehead atoms. The van der Waals surface area contributed by atoms with Gasteiger partial charge in [-0.15, -0.1) is 0 Å². The number of benzene rings is 2. The highest BCUT2D eigenvalue weighted by Crippen LogP contribution is 2.26. The molecule has 1 N–H and O–H groups in total. The van der Waals surface area contributed by atoms with E-state index < -0.39 is 6.04 Å². The van der Waals surface area contributed by atoms with Crippen LogP contribution in [0, 0.1) is 6.92 Å². The molecule has 0 aliphatic heterocycles. The van der Waals surface area contributed by atoms with Crippen molar-refractivity contribution in [1.82, 2.24) is 10.2 Å². The van der Waals surface area contributed by atoms with Gasteiger partial charge in [0.25, 0.3) is 5.91 Å². The van der Waals surface area contributed by atoms with E-state index in [0.717, 1.165) is 28.4 Å². The molecule has 2 atom stereocenters. The molecule has 2 rings (SSSR count). The number of nitrogens with one attached hydrogen (secondary N) is 1. The standard InChI is InChI=1S/C25H33BrN2O3/c1-6-18(4)27-25(30)19(5)28(15-21-11-9-8-10-17(21)3)24(29)16-31-23-13-12-20(7-2)14-22(23)26/h8-14,18-19H,6-7,15-16H2,1-5H3,(H,27,30)/t18-,19+/m0/s1. The van der Waals surface area contributed by atoms with Crippen molar-refractivity contribution in [3.05, 3.63) is 63.6 Å². The highest BCUT2D eigenvalue weighted by atomic mass is 79.9. The molecule has 31 heavy (non-hydrogen) atoms. The number of carbonyl (C=O) groups excluding carboxylic acids is 2. The lowest BCUT2D eigenvalue weighted by atomic mass is 10.1. The van der Waals surface area contributed by atoms with Crippen molar-refractivity contribution < 1.29 is 14.3 Å². The fourth-order valence-corrected chi connectivity index (χ4v) is 3.66. The third-order valence-corrected chi connectivity index (χ3v) is 6.15. The van der Waals surface area contributed by atoms with Gasteiger partial charge in [0.15, 0.2) is 6.61 Å². The van der Waals surface area contributed by atoms with E-state index >= 15 is 0 Å². The SMILES string of the molecule is CCc1ccc(OCC(=O)N(Cc2ccccc2C)[C@H](C)C(=O)N[C@@H](C)CC)c(Br)c1. The van der Waals surface area contributed by atoms with E-state index in [-0.39, 0.29) is 24.5 Å². The summed E-state index contributed by atoms with van der Waals surface area (Å²) >= 11 is 3.51. The van der Waals surface area contributed by atoms with Crippen molar-refractivity contribution in [3.63, 3.8) is 0 Å². The smallest absolute Gasteiger partial charge is 0.261 e. The van der Waals surface area contributed by atoms with Crippen LogP contribution in [0.5, 0.6) is 5.75 Å².